The van der Waals surface area contributed by atoms with Crippen molar-refractivity contribution in [1.29, 1.82) is 0 Å². The summed E-state index contributed by atoms with van der Waals surface area (Å²) in [6.07, 6.45) is 0. The fraction of sp³-hybridized carbons (Fsp3) is 0.414. The largest absolute Gasteiger partial charge is 0.497 e. The van der Waals surface area contributed by atoms with Gasteiger partial charge in [0.25, 0.3) is 0 Å². The van der Waals surface area contributed by atoms with Crippen LogP contribution in [0.3, 0.4) is 0 Å². The van der Waals surface area contributed by atoms with Crippen LogP contribution in [0, 0.1) is 0 Å². The highest BCUT2D eigenvalue weighted by Gasteiger charge is 2.27. The minimum atomic E-state index is 0.768. The van der Waals surface area contributed by atoms with E-state index >= 15 is 0 Å². The van der Waals surface area contributed by atoms with Gasteiger partial charge in [0.1, 0.15) is 11.4 Å². The van der Waals surface area contributed by atoms with Crippen LogP contribution in [-0.4, -0.2) is 83.7 Å². The van der Waals surface area contributed by atoms with Crippen molar-refractivity contribution in [3.05, 3.63) is 65.9 Å². The van der Waals surface area contributed by atoms with E-state index in [-0.39, 0.29) is 0 Å². The molecular formula is C29H35N5O3. The zero-order chi connectivity index (χ0) is 25.2. The molecule has 0 saturated carbocycles. The van der Waals surface area contributed by atoms with Gasteiger partial charge in [0.2, 0.25) is 0 Å². The van der Waals surface area contributed by atoms with Crippen molar-refractivity contribution < 1.29 is 14.2 Å². The molecule has 2 aromatic heterocycles. The highest BCUT2D eigenvalue weighted by molar-refractivity contribution is 5.76. The molecule has 4 aromatic rings. The summed E-state index contributed by atoms with van der Waals surface area (Å²) in [5.74, 6) is 0.858. The maximum atomic E-state index is 5.64. The molecule has 0 N–H and O–H groups in total. The number of rotatable bonds is 7. The van der Waals surface area contributed by atoms with Gasteiger partial charge in [-0.2, -0.15) is 5.10 Å². The Hall–Kier alpha value is -3.17. The minimum Gasteiger partial charge on any atom is -0.497 e. The smallest absolute Gasteiger partial charge is 0.141 e. The number of nitrogens with zero attached hydrogens (tertiary/aromatic N) is 5. The van der Waals surface area contributed by atoms with Crippen LogP contribution in [0.4, 0.5) is 0 Å². The summed E-state index contributed by atoms with van der Waals surface area (Å²) in [4.78, 5) is 4.95. The lowest BCUT2D eigenvalue weighted by Gasteiger charge is -2.26. The SMILES string of the molecule is COc1ccc(-c2c(CN3CCOCC3)n3nc(-c4ccccc4)c(CN4CCOCC4)c3n2C)cc1. The zero-order valence-electron chi connectivity index (χ0n) is 21.7. The van der Waals surface area contributed by atoms with Crippen molar-refractivity contribution in [2.45, 2.75) is 13.1 Å². The molecule has 6 rings (SSSR count). The third kappa shape index (κ3) is 4.78. The Balaban J connectivity index is 1.53. The van der Waals surface area contributed by atoms with Crippen molar-refractivity contribution in [3.8, 4) is 28.3 Å². The van der Waals surface area contributed by atoms with E-state index in [1.807, 2.05) is 12.1 Å². The first-order valence-corrected chi connectivity index (χ1v) is 13.1. The molecule has 0 amide bonds. The van der Waals surface area contributed by atoms with E-state index in [1.54, 1.807) is 7.11 Å². The Labute approximate surface area is 217 Å². The lowest BCUT2D eigenvalue weighted by Crippen LogP contribution is -2.36. The highest BCUT2D eigenvalue weighted by atomic mass is 16.5. The molecule has 194 valence electrons. The number of methoxy groups -OCH3 is 1. The molecule has 0 radical (unpaired) electrons. The summed E-state index contributed by atoms with van der Waals surface area (Å²) in [5, 5.41) is 5.31. The van der Waals surface area contributed by atoms with Crippen molar-refractivity contribution in [1.82, 2.24) is 24.0 Å². The van der Waals surface area contributed by atoms with Crippen LogP contribution in [0.5, 0.6) is 5.75 Å². The fourth-order valence-electron chi connectivity index (χ4n) is 5.55. The Bertz CT molecular complexity index is 1330. The van der Waals surface area contributed by atoms with Crippen LogP contribution in [0.25, 0.3) is 28.2 Å². The molecular weight excluding hydrogens is 466 g/mol. The predicted molar refractivity (Wildman–Crippen MR) is 144 cm³/mol. The molecule has 0 aliphatic carbocycles. The molecule has 8 heteroatoms. The molecule has 0 unspecified atom stereocenters. The van der Waals surface area contributed by atoms with E-state index in [2.05, 4.69) is 68.4 Å². The van der Waals surface area contributed by atoms with Gasteiger partial charge in [0.05, 0.1) is 50.6 Å². The van der Waals surface area contributed by atoms with Crippen LogP contribution in [-0.2, 0) is 29.6 Å². The topological polar surface area (TPSA) is 56.4 Å². The van der Waals surface area contributed by atoms with Crippen molar-refractivity contribution in [2.24, 2.45) is 7.05 Å². The number of morpholine rings is 2. The van der Waals surface area contributed by atoms with E-state index in [0.29, 0.717) is 0 Å². The number of ether oxygens (including phenoxy) is 3. The molecule has 4 heterocycles. The number of aromatic nitrogens is 3. The van der Waals surface area contributed by atoms with Gasteiger partial charge in [-0.3, -0.25) is 9.80 Å². The summed E-state index contributed by atoms with van der Waals surface area (Å²) >= 11 is 0. The Morgan fingerprint density at radius 3 is 2.03 bits per heavy atom. The van der Waals surface area contributed by atoms with Crippen LogP contribution in [0.15, 0.2) is 54.6 Å². The molecule has 8 nitrogen and oxygen atoms in total. The molecule has 2 aliphatic heterocycles. The molecule has 37 heavy (non-hydrogen) atoms. The average Bonchev–Trinajstić information content (AvgIpc) is 3.45. The molecule has 2 saturated heterocycles. The minimum absolute atomic E-state index is 0.768. The van der Waals surface area contributed by atoms with Crippen molar-refractivity contribution in [2.75, 3.05) is 59.7 Å². The molecule has 0 spiro atoms. The van der Waals surface area contributed by atoms with Crippen LogP contribution < -0.4 is 4.74 Å². The fourth-order valence-corrected chi connectivity index (χ4v) is 5.55. The highest BCUT2D eigenvalue weighted by Crippen LogP contribution is 2.35. The number of imidazole rings is 1. The number of fused-ring (bicyclic) bond motifs is 1. The second-order valence-electron chi connectivity index (χ2n) is 9.79. The lowest BCUT2D eigenvalue weighted by molar-refractivity contribution is 0.0334. The molecule has 0 atom stereocenters. The van der Waals surface area contributed by atoms with Crippen LogP contribution in [0.1, 0.15) is 11.3 Å². The van der Waals surface area contributed by atoms with Crippen LogP contribution in [0.2, 0.25) is 0 Å². The third-order valence-electron chi connectivity index (χ3n) is 7.51. The first-order chi connectivity index (χ1) is 18.2. The maximum absolute atomic E-state index is 5.64. The summed E-state index contributed by atoms with van der Waals surface area (Å²) in [6, 6.07) is 18.9. The van der Waals surface area contributed by atoms with Gasteiger partial charge in [0, 0.05) is 63.0 Å². The quantitative estimate of drug-likeness (QED) is 0.385. The second-order valence-corrected chi connectivity index (χ2v) is 9.79. The maximum Gasteiger partial charge on any atom is 0.141 e. The Kier molecular flexibility index (Phi) is 6.97. The third-order valence-corrected chi connectivity index (χ3v) is 7.51. The number of aryl methyl sites for hydroxylation is 1. The zero-order valence-corrected chi connectivity index (χ0v) is 21.7. The van der Waals surface area contributed by atoms with E-state index in [9.17, 15) is 0 Å². The van der Waals surface area contributed by atoms with Crippen molar-refractivity contribution >= 4 is 5.65 Å². The monoisotopic (exact) mass is 501 g/mol. The van der Waals surface area contributed by atoms with Gasteiger partial charge >= 0.3 is 0 Å². The molecule has 2 aliphatic rings. The van der Waals surface area contributed by atoms with E-state index in [0.717, 1.165) is 93.9 Å². The predicted octanol–water partition coefficient (Wildman–Crippen LogP) is 3.68. The molecule has 0 bridgehead atoms. The number of benzene rings is 2. The van der Waals surface area contributed by atoms with Gasteiger partial charge < -0.3 is 18.8 Å². The summed E-state index contributed by atoms with van der Waals surface area (Å²) < 4.78 is 21.3. The molecule has 2 fully saturated rings. The Morgan fingerprint density at radius 1 is 0.784 bits per heavy atom. The summed E-state index contributed by atoms with van der Waals surface area (Å²) in [6.45, 7) is 8.45. The second kappa shape index (κ2) is 10.7. The standard InChI is InChI=1S/C29H35N5O3/c1-31-28(23-8-10-24(35-2)11-9-23)26(21-33-14-18-37-19-15-33)34-29(31)25(20-32-12-16-36-17-13-32)27(30-34)22-6-4-3-5-7-22/h3-11H,12-21H2,1-2H3. The van der Waals surface area contributed by atoms with E-state index < -0.39 is 0 Å². The van der Waals surface area contributed by atoms with E-state index in [4.69, 9.17) is 19.3 Å². The van der Waals surface area contributed by atoms with Gasteiger partial charge in [-0.05, 0) is 24.3 Å². The van der Waals surface area contributed by atoms with Crippen molar-refractivity contribution in [3.63, 3.8) is 0 Å². The summed E-state index contributed by atoms with van der Waals surface area (Å²) in [7, 11) is 3.88. The van der Waals surface area contributed by atoms with Gasteiger partial charge in [-0.25, -0.2) is 4.52 Å². The average molecular weight is 502 g/mol. The number of hydrogen-bond acceptors (Lipinski definition) is 6. The lowest BCUT2D eigenvalue weighted by atomic mass is 10.1. The number of hydrogen-bond donors (Lipinski definition) is 0. The first kappa shape index (κ1) is 24.2. The van der Waals surface area contributed by atoms with Gasteiger partial charge in [0.15, 0.2) is 0 Å². The molecule has 2 aromatic carbocycles. The van der Waals surface area contributed by atoms with Gasteiger partial charge in [-0.15, -0.1) is 0 Å². The summed E-state index contributed by atoms with van der Waals surface area (Å²) in [5.41, 5.74) is 8.18. The van der Waals surface area contributed by atoms with Gasteiger partial charge in [-0.1, -0.05) is 30.3 Å². The van der Waals surface area contributed by atoms with Crippen LogP contribution >= 0.6 is 0 Å². The van der Waals surface area contributed by atoms with E-state index in [1.165, 1.54) is 17.0 Å². The first-order valence-electron chi connectivity index (χ1n) is 13.1. The Morgan fingerprint density at radius 2 is 1.41 bits per heavy atom. The normalized spacial score (nSPS) is 17.5.